The number of benzene rings is 1. The van der Waals surface area contributed by atoms with Crippen molar-refractivity contribution >= 4 is 0 Å². The second-order valence-electron chi connectivity index (χ2n) is 5.53. The van der Waals surface area contributed by atoms with Crippen molar-refractivity contribution in [2.45, 2.75) is 39.8 Å². The number of nitrogens with two attached hydrogens (primary N) is 1. The first-order valence-corrected chi connectivity index (χ1v) is 7.14. The fourth-order valence-corrected chi connectivity index (χ4v) is 2.07. The van der Waals surface area contributed by atoms with Crippen molar-refractivity contribution in [2.75, 3.05) is 20.2 Å². The van der Waals surface area contributed by atoms with Gasteiger partial charge in [-0.3, -0.25) is 0 Å². The molecule has 0 spiro atoms. The van der Waals surface area contributed by atoms with Crippen molar-refractivity contribution in [3.05, 3.63) is 29.8 Å². The molecule has 3 heteroatoms. The van der Waals surface area contributed by atoms with Crippen LogP contribution in [0.25, 0.3) is 0 Å². The Hall–Kier alpha value is -1.06. The molecule has 1 aromatic carbocycles. The minimum atomic E-state index is 0.0434. The smallest absolute Gasteiger partial charge is 0.119 e. The Morgan fingerprint density at radius 2 is 1.74 bits per heavy atom. The molecule has 0 aliphatic carbocycles. The van der Waals surface area contributed by atoms with Crippen LogP contribution in [-0.4, -0.2) is 31.1 Å². The van der Waals surface area contributed by atoms with E-state index < -0.39 is 0 Å². The second kappa shape index (κ2) is 7.51. The number of hydrogen-bond acceptors (Lipinski definition) is 3. The average Bonchev–Trinajstić information content (AvgIpc) is 2.38. The van der Waals surface area contributed by atoms with E-state index in [2.05, 4.69) is 44.9 Å². The Morgan fingerprint density at radius 1 is 1.16 bits per heavy atom. The molecule has 0 bridgehead atoms. The second-order valence-corrected chi connectivity index (χ2v) is 5.53. The van der Waals surface area contributed by atoms with Gasteiger partial charge in [0.25, 0.3) is 0 Å². The Labute approximate surface area is 117 Å². The van der Waals surface area contributed by atoms with Gasteiger partial charge in [-0.15, -0.1) is 0 Å². The Morgan fingerprint density at radius 3 is 2.21 bits per heavy atom. The molecule has 0 fully saturated rings. The van der Waals surface area contributed by atoms with Crippen LogP contribution in [0.15, 0.2) is 24.3 Å². The van der Waals surface area contributed by atoms with Crippen LogP contribution in [0.4, 0.5) is 0 Å². The van der Waals surface area contributed by atoms with Gasteiger partial charge in [0.1, 0.15) is 5.75 Å². The molecule has 108 valence electrons. The number of nitrogens with zero attached hydrogens (tertiary/aromatic N) is 1. The van der Waals surface area contributed by atoms with Gasteiger partial charge in [0.05, 0.1) is 6.61 Å². The van der Waals surface area contributed by atoms with Crippen molar-refractivity contribution in [2.24, 2.45) is 11.7 Å². The zero-order valence-electron chi connectivity index (χ0n) is 12.9. The van der Waals surface area contributed by atoms with E-state index in [1.54, 1.807) is 0 Å². The third kappa shape index (κ3) is 4.84. The number of rotatable bonds is 7. The lowest BCUT2D eigenvalue weighted by Gasteiger charge is -2.30. The lowest BCUT2D eigenvalue weighted by molar-refractivity contribution is 0.197. The predicted octanol–water partition coefficient (Wildman–Crippen LogP) is 3.06. The van der Waals surface area contributed by atoms with Crippen LogP contribution >= 0.6 is 0 Å². The number of hydrogen-bond donors (Lipinski definition) is 1. The lowest BCUT2D eigenvalue weighted by atomic mass is 10.0. The highest BCUT2D eigenvalue weighted by Crippen LogP contribution is 2.18. The quantitative estimate of drug-likeness (QED) is 0.822. The van der Waals surface area contributed by atoms with E-state index in [9.17, 15) is 0 Å². The zero-order valence-corrected chi connectivity index (χ0v) is 12.9. The summed E-state index contributed by atoms with van der Waals surface area (Å²) in [4.78, 5) is 2.33. The molecular weight excluding hydrogens is 236 g/mol. The molecule has 0 aliphatic rings. The van der Waals surface area contributed by atoms with Gasteiger partial charge < -0.3 is 15.4 Å². The molecule has 0 saturated heterocycles. The monoisotopic (exact) mass is 264 g/mol. The molecule has 3 nitrogen and oxygen atoms in total. The van der Waals surface area contributed by atoms with Crippen molar-refractivity contribution in [1.29, 1.82) is 0 Å². The lowest BCUT2D eigenvalue weighted by Crippen LogP contribution is -2.38. The highest BCUT2D eigenvalue weighted by Gasteiger charge is 2.16. The third-order valence-electron chi connectivity index (χ3n) is 3.76. The minimum Gasteiger partial charge on any atom is -0.494 e. The summed E-state index contributed by atoms with van der Waals surface area (Å²) < 4.78 is 5.44. The molecular formula is C16H28N2O. The minimum absolute atomic E-state index is 0.0434. The van der Waals surface area contributed by atoms with E-state index in [0.29, 0.717) is 18.6 Å². The van der Waals surface area contributed by atoms with Crippen LogP contribution in [0.5, 0.6) is 5.75 Å². The molecule has 1 aromatic rings. The number of ether oxygens (including phenoxy) is 1. The van der Waals surface area contributed by atoms with Crippen molar-refractivity contribution in [1.82, 2.24) is 4.90 Å². The average molecular weight is 264 g/mol. The summed E-state index contributed by atoms with van der Waals surface area (Å²) in [6, 6.07) is 8.68. The van der Waals surface area contributed by atoms with Crippen LogP contribution in [0.2, 0.25) is 0 Å². The van der Waals surface area contributed by atoms with Gasteiger partial charge in [0.15, 0.2) is 0 Å². The van der Waals surface area contributed by atoms with Gasteiger partial charge in [0, 0.05) is 18.6 Å². The van der Waals surface area contributed by atoms with Gasteiger partial charge in [-0.1, -0.05) is 26.0 Å². The molecule has 2 N–H and O–H groups in total. The van der Waals surface area contributed by atoms with Crippen LogP contribution in [0.3, 0.4) is 0 Å². The van der Waals surface area contributed by atoms with Crippen LogP contribution in [-0.2, 0) is 0 Å². The van der Waals surface area contributed by atoms with E-state index in [4.69, 9.17) is 10.5 Å². The Kier molecular flexibility index (Phi) is 6.32. The molecule has 2 atom stereocenters. The van der Waals surface area contributed by atoms with E-state index in [0.717, 1.165) is 17.9 Å². The van der Waals surface area contributed by atoms with Crippen molar-refractivity contribution in [3.63, 3.8) is 0 Å². The van der Waals surface area contributed by atoms with E-state index in [1.165, 1.54) is 0 Å². The molecule has 2 unspecified atom stereocenters. The summed E-state index contributed by atoms with van der Waals surface area (Å²) >= 11 is 0. The number of likely N-dealkylation sites (N-methyl/N-ethyl adjacent to an activating group) is 1. The fourth-order valence-electron chi connectivity index (χ4n) is 2.07. The maximum Gasteiger partial charge on any atom is 0.119 e. The Bertz CT molecular complexity index is 362. The predicted molar refractivity (Wildman–Crippen MR) is 81.5 cm³/mol. The van der Waals surface area contributed by atoms with Gasteiger partial charge in [-0.25, -0.2) is 0 Å². The largest absolute Gasteiger partial charge is 0.494 e. The highest BCUT2D eigenvalue weighted by molar-refractivity contribution is 5.29. The molecule has 0 radical (unpaired) electrons. The van der Waals surface area contributed by atoms with Crippen LogP contribution in [0.1, 0.15) is 39.3 Å². The SMILES string of the molecule is CCOc1ccc(C(N)CN(C)C(C)C(C)C)cc1. The molecule has 0 aromatic heterocycles. The first kappa shape index (κ1) is 16.0. The van der Waals surface area contributed by atoms with Crippen LogP contribution < -0.4 is 10.5 Å². The summed E-state index contributed by atoms with van der Waals surface area (Å²) in [5, 5.41) is 0. The summed E-state index contributed by atoms with van der Waals surface area (Å²) in [6.07, 6.45) is 0. The first-order valence-electron chi connectivity index (χ1n) is 7.14. The van der Waals surface area contributed by atoms with E-state index >= 15 is 0 Å². The molecule has 0 saturated carbocycles. The van der Waals surface area contributed by atoms with Gasteiger partial charge in [-0.2, -0.15) is 0 Å². The molecule has 1 rings (SSSR count). The molecule has 0 heterocycles. The fraction of sp³-hybridized carbons (Fsp3) is 0.625. The standard InChI is InChI=1S/C16H28N2O/c1-6-19-15-9-7-14(8-10-15)16(17)11-18(5)13(4)12(2)3/h7-10,12-13,16H,6,11,17H2,1-5H3. The summed E-state index contributed by atoms with van der Waals surface area (Å²) in [7, 11) is 2.14. The van der Waals surface area contributed by atoms with Gasteiger partial charge in [0.2, 0.25) is 0 Å². The maximum absolute atomic E-state index is 6.28. The zero-order chi connectivity index (χ0) is 14.4. The van der Waals surface area contributed by atoms with Crippen molar-refractivity contribution in [3.8, 4) is 5.75 Å². The summed E-state index contributed by atoms with van der Waals surface area (Å²) in [5.74, 6) is 1.54. The molecule has 19 heavy (non-hydrogen) atoms. The van der Waals surface area contributed by atoms with E-state index in [1.807, 2.05) is 19.1 Å². The highest BCUT2D eigenvalue weighted by atomic mass is 16.5. The maximum atomic E-state index is 6.28. The normalized spacial score (nSPS) is 14.7. The molecule has 0 amide bonds. The van der Waals surface area contributed by atoms with Crippen molar-refractivity contribution < 1.29 is 4.74 Å². The summed E-state index contributed by atoms with van der Waals surface area (Å²) in [6.45, 7) is 10.3. The van der Waals surface area contributed by atoms with Crippen LogP contribution in [0, 0.1) is 5.92 Å². The Balaban J connectivity index is 2.59. The summed E-state index contributed by atoms with van der Waals surface area (Å²) in [5.41, 5.74) is 7.43. The van der Waals surface area contributed by atoms with Gasteiger partial charge >= 0.3 is 0 Å². The third-order valence-corrected chi connectivity index (χ3v) is 3.76. The first-order chi connectivity index (χ1) is 8.95. The molecule has 0 aliphatic heterocycles. The topological polar surface area (TPSA) is 38.5 Å². The van der Waals surface area contributed by atoms with Gasteiger partial charge in [-0.05, 0) is 44.5 Å². The van der Waals surface area contributed by atoms with E-state index in [-0.39, 0.29) is 6.04 Å².